The van der Waals surface area contributed by atoms with E-state index in [-0.39, 0.29) is 0 Å². The summed E-state index contributed by atoms with van der Waals surface area (Å²) in [5, 5.41) is 10.3. The molecule has 0 amide bonds. The zero-order valence-electron chi connectivity index (χ0n) is 13.7. The molecule has 1 heterocycles. The van der Waals surface area contributed by atoms with E-state index >= 15 is 0 Å². The normalized spacial score (nSPS) is 21.5. The van der Waals surface area contributed by atoms with Gasteiger partial charge in [-0.25, -0.2) is 8.42 Å². The number of fused-ring (bicyclic) bond motifs is 2. The molecule has 1 N–H and O–H groups in total. The molecule has 1 aliphatic rings. The highest BCUT2D eigenvalue weighted by Gasteiger charge is 2.18. The molecule has 1 atom stereocenters. The van der Waals surface area contributed by atoms with E-state index in [4.69, 9.17) is 0 Å². The van der Waals surface area contributed by atoms with Crippen molar-refractivity contribution < 1.29 is 13.5 Å². The number of rotatable bonds is 1. The van der Waals surface area contributed by atoms with Gasteiger partial charge in [-0.05, 0) is 49.6 Å². The predicted octanol–water partition coefficient (Wildman–Crippen LogP) is 2.91. The summed E-state index contributed by atoms with van der Waals surface area (Å²) in [6.45, 7) is 1.28. The Morgan fingerprint density at radius 2 is 2.00 bits per heavy atom. The quantitative estimate of drug-likeness (QED) is 0.856. The fourth-order valence-electron chi connectivity index (χ4n) is 2.77. The Bertz CT molecular complexity index is 628. The number of aliphatic imine (C=N–C) groups is 1. The first-order chi connectivity index (χ1) is 11.0. The van der Waals surface area contributed by atoms with Crippen molar-refractivity contribution in [1.82, 2.24) is 0 Å². The number of aliphatic hydroxyl groups excluding tert-OH is 1. The minimum Gasteiger partial charge on any atom is -0.388 e. The van der Waals surface area contributed by atoms with Crippen LogP contribution in [0.25, 0.3) is 0 Å². The highest BCUT2D eigenvalue weighted by atomic mass is 32.2. The van der Waals surface area contributed by atoms with Gasteiger partial charge >= 0.3 is 0 Å². The zero-order valence-corrected chi connectivity index (χ0v) is 14.5. The van der Waals surface area contributed by atoms with Crippen LogP contribution < -0.4 is 4.31 Å². The minimum absolute atomic E-state index is 0.474. The van der Waals surface area contributed by atoms with Crippen molar-refractivity contribution in [2.45, 2.75) is 44.6 Å². The van der Waals surface area contributed by atoms with E-state index in [0.717, 1.165) is 44.2 Å². The Balaban J connectivity index is 2.27. The number of nitrogens with zero attached hydrogens (tertiary/aromatic N) is 2. The first-order valence-electron chi connectivity index (χ1n) is 8.22. The molecule has 2 bridgehead atoms. The summed E-state index contributed by atoms with van der Waals surface area (Å²) in [5.74, 6) is 0. The third-order valence-corrected chi connectivity index (χ3v) is 5.23. The number of hydrogen-bond donors (Lipinski definition) is 1. The zero-order chi connectivity index (χ0) is 16.7. The first kappa shape index (κ1) is 17.9. The third kappa shape index (κ3) is 5.62. The molecule has 2 rings (SSSR count). The van der Waals surface area contributed by atoms with Gasteiger partial charge in [0.15, 0.2) is 0 Å². The van der Waals surface area contributed by atoms with Gasteiger partial charge in [-0.1, -0.05) is 25.0 Å². The van der Waals surface area contributed by atoms with Crippen LogP contribution in [-0.2, 0) is 10.0 Å². The average molecular weight is 338 g/mol. The maximum atomic E-state index is 12.1. The van der Waals surface area contributed by atoms with Crippen LogP contribution in [0.1, 0.15) is 50.2 Å². The van der Waals surface area contributed by atoms with Crippen LogP contribution in [0.5, 0.6) is 0 Å². The fraction of sp³-hybridized carbons (Fsp3) is 0.588. The van der Waals surface area contributed by atoms with Crippen LogP contribution in [0.15, 0.2) is 29.3 Å². The van der Waals surface area contributed by atoms with E-state index < -0.39 is 16.1 Å². The third-order valence-electron chi connectivity index (χ3n) is 4.04. The van der Waals surface area contributed by atoms with Crippen LogP contribution in [0, 0.1) is 0 Å². The first-order valence-corrected chi connectivity index (χ1v) is 10.1. The standard InChI is InChI=1S/C17H26N2O3S/c1-23(21,22)19-13-5-3-2-4-11-18-12-7-10-17(20)15-8-6-9-16(19)14-15/h6,8-9,12,14,17,20H,2-5,7,10-11,13H2,1H3. The Morgan fingerprint density at radius 3 is 2.78 bits per heavy atom. The van der Waals surface area contributed by atoms with E-state index in [1.165, 1.54) is 10.6 Å². The lowest BCUT2D eigenvalue weighted by atomic mass is 10.0. The highest BCUT2D eigenvalue weighted by Crippen LogP contribution is 2.25. The van der Waals surface area contributed by atoms with Crippen molar-refractivity contribution in [2.24, 2.45) is 4.99 Å². The molecule has 0 aliphatic carbocycles. The lowest BCUT2D eigenvalue weighted by molar-refractivity contribution is 0.170. The second kappa shape index (κ2) is 8.45. The molecule has 23 heavy (non-hydrogen) atoms. The summed E-state index contributed by atoms with van der Waals surface area (Å²) in [6.07, 6.45) is 7.71. The summed E-state index contributed by atoms with van der Waals surface area (Å²) >= 11 is 0. The molecule has 1 aliphatic heterocycles. The van der Waals surface area contributed by atoms with E-state index in [2.05, 4.69) is 4.99 Å². The summed E-state index contributed by atoms with van der Waals surface area (Å²) in [7, 11) is -3.33. The number of anilines is 1. The Labute approximate surface area is 139 Å². The largest absolute Gasteiger partial charge is 0.388 e. The molecule has 1 aromatic carbocycles. The fourth-order valence-corrected chi connectivity index (χ4v) is 3.72. The number of hydrogen-bond acceptors (Lipinski definition) is 4. The predicted molar refractivity (Wildman–Crippen MR) is 94.7 cm³/mol. The van der Waals surface area contributed by atoms with Crippen molar-refractivity contribution in [2.75, 3.05) is 23.7 Å². The lowest BCUT2D eigenvalue weighted by Crippen LogP contribution is -2.31. The number of sulfonamides is 1. The number of aliphatic hydroxyl groups is 1. The highest BCUT2D eigenvalue weighted by molar-refractivity contribution is 7.92. The maximum absolute atomic E-state index is 12.1. The number of benzene rings is 1. The molecular weight excluding hydrogens is 312 g/mol. The molecule has 6 heteroatoms. The van der Waals surface area contributed by atoms with Gasteiger partial charge in [0, 0.05) is 13.1 Å². The van der Waals surface area contributed by atoms with Gasteiger partial charge in [0.1, 0.15) is 0 Å². The summed E-state index contributed by atoms with van der Waals surface area (Å²) in [4.78, 5) is 4.36. The van der Waals surface area contributed by atoms with E-state index in [1.54, 1.807) is 18.2 Å². The second-order valence-electron chi connectivity index (χ2n) is 6.03. The van der Waals surface area contributed by atoms with Crippen molar-refractivity contribution in [3.63, 3.8) is 0 Å². The summed E-state index contributed by atoms with van der Waals surface area (Å²) in [6, 6.07) is 7.21. The average Bonchev–Trinajstić information content (AvgIpc) is 2.51. The van der Waals surface area contributed by atoms with Gasteiger partial charge in [-0.3, -0.25) is 9.30 Å². The van der Waals surface area contributed by atoms with Crippen LogP contribution in [0.2, 0.25) is 0 Å². The van der Waals surface area contributed by atoms with Crippen molar-refractivity contribution in [3.8, 4) is 0 Å². The summed E-state index contributed by atoms with van der Waals surface area (Å²) < 4.78 is 25.7. The van der Waals surface area contributed by atoms with Crippen LogP contribution in [0.3, 0.4) is 0 Å². The second-order valence-corrected chi connectivity index (χ2v) is 7.93. The smallest absolute Gasteiger partial charge is 0.232 e. The molecular formula is C17H26N2O3S. The Kier molecular flexibility index (Phi) is 6.59. The molecule has 0 saturated carbocycles. The van der Waals surface area contributed by atoms with E-state index in [9.17, 15) is 13.5 Å². The monoisotopic (exact) mass is 338 g/mol. The molecule has 0 saturated heterocycles. The molecule has 0 spiro atoms. The molecule has 0 radical (unpaired) electrons. The molecule has 0 fully saturated rings. The molecule has 5 nitrogen and oxygen atoms in total. The van der Waals surface area contributed by atoms with Gasteiger partial charge in [-0.15, -0.1) is 0 Å². The topological polar surface area (TPSA) is 70.0 Å². The lowest BCUT2D eigenvalue weighted by Gasteiger charge is -2.23. The molecule has 0 aromatic heterocycles. The Hall–Kier alpha value is -1.40. The van der Waals surface area contributed by atoms with Gasteiger partial charge in [0.05, 0.1) is 18.0 Å². The van der Waals surface area contributed by atoms with Gasteiger partial charge in [-0.2, -0.15) is 0 Å². The van der Waals surface area contributed by atoms with Crippen LogP contribution in [-0.4, -0.2) is 39.1 Å². The van der Waals surface area contributed by atoms with Crippen molar-refractivity contribution in [1.29, 1.82) is 0 Å². The summed E-state index contributed by atoms with van der Waals surface area (Å²) in [5.41, 5.74) is 1.38. The van der Waals surface area contributed by atoms with E-state index in [0.29, 0.717) is 18.7 Å². The van der Waals surface area contributed by atoms with Crippen LogP contribution >= 0.6 is 0 Å². The van der Waals surface area contributed by atoms with Crippen LogP contribution in [0.4, 0.5) is 5.69 Å². The maximum Gasteiger partial charge on any atom is 0.232 e. The van der Waals surface area contributed by atoms with E-state index in [1.807, 2.05) is 12.3 Å². The SMILES string of the molecule is CS(=O)(=O)N1CCCCCCN=CCCC(O)c2cccc1c2. The molecule has 1 aromatic rings. The van der Waals surface area contributed by atoms with Crippen molar-refractivity contribution in [3.05, 3.63) is 29.8 Å². The van der Waals surface area contributed by atoms with Crippen molar-refractivity contribution >= 4 is 21.9 Å². The Morgan fingerprint density at radius 1 is 1.22 bits per heavy atom. The van der Waals surface area contributed by atoms with Gasteiger partial charge in [0.2, 0.25) is 10.0 Å². The van der Waals surface area contributed by atoms with Gasteiger partial charge < -0.3 is 5.11 Å². The molecule has 128 valence electrons. The minimum atomic E-state index is -3.33. The van der Waals surface area contributed by atoms with Gasteiger partial charge in [0.25, 0.3) is 0 Å². The molecule has 1 unspecified atom stereocenters.